The van der Waals surface area contributed by atoms with E-state index in [9.17, 15) is 17.6 Å². The molecule has 0 bridgehead atoms. The van der Waals surface area contributed by atoms with Crippen molar-refractivity contribution >= 4 is 5.69 Å². The number of anilines is 1. The molecule has 1 unspecified atom stereocenters. The van der Waals surface area contributed by atoms with Crippen molar-refractivity contribution in [1.82, 2.24) is 4.90 Å². The van der Waals surface area contributed by atoms with E-state index in [4.69, 9.17) is 5.26 Å². The van der Waals surface area contributed by atoms with Gasteiger partial charge < -0.3 is 4.90 Å². The van der Waals surface area contributed by atoms with Gasteiger partial charge in [-0.1, -0.05) is 0 Å². The predicted molar refractivity (Wildman–Crippen MR) is 70.4 cm³/mol. The van der Waals surface area contributed by atoms with Crippen molar-refractivity contribution in [2.75, 3.05) is 31.1 Å². The number of halogens is 4. The number of nitrogens with zero attached hydrogens (tertiary/aromatic N) is 3. The molecule has 1 aliphatic heterocycles. The molecule has 1 fully saturated rings. The fraction of sp³-hybridized carbons (Fsp3) is 0.500. The van der Waals surface area contributed by atoms with Crippen LogP contribution in [0, 0.1) is 17.1 Å². The molecule has 1 heterocycles. The molecule has 0 radical (unpaired) electrons. The number of alkyl halides is 3. The van der Waals surface area contributed by atoms with Crippen LogP contribution in [0.3, 0.4) is 0 Å². The standard InChI is InChI=1S/C14H15F4N3/c1-10-8-20(4-5-21(10)9-14(16,17)18)13-3-2-12(15)6-11(13)7-19/h2-3,6,10H,4-5,8-9H2,1H3. The molecule has 114 valence electrons. The first-order chi connectivity index (χ1) is 9.80. The first-order valence-electron chi connectivity index (χ1n) is 6.55. The van der Waals surface area contributed by atoms with Gasteiger partial charge in [-0.15, -0.1) is 0 Å². The fourth-order valence-electron chi connectivity index (χ4n) is 2.55. The average Bonchev–Trinajstić information content (AvgIpc) is 2.39. The summed E-state index contributed by atoms with van der Waals surface area (Å²) < 4.78 is 50.5. The topological polar surface area (TPSA) is 30.3 Å². The second-order valence-electron chi connectivity index (χ2n) is 5.15. The zero-order valence-electron chi connectivity index (χ0n) is 11.5. The van der Waals surface area contributed by atoms with Crippen LogP contribution < -0.4 is 4.90 Å². The van der Waals surface area contributed by atoms with E-state index in [0.717, 1.165) is 6.07 Å². The molecule has 0 amide bonds. The van der Waals surface area contributed by atoms with Crippen LogP contribution in [0.2, 0.25) is 0 Å². The minimum Gasteiger partial charge on any atom is -0.368 e. The number of benzene rings is 1. The minimum atomic E-state index is -4.22. The molecule has 1 atom stereocenters. The summed E-state index contributed by atoms with van der Waals surface area (Å²) in [6.07, 6.45) is -4.22. The van der Waals surface area contributed by atoms with Crippen molar-refractivity contribution < 1.29 is 17.6 Å². The normalized spacial score (nSPS) is 20.4. The molecule has 1 aromatic carbocycles. The number of nitriles is 1. The van der Waals surface area contributed by atoms with Gasteiger partial charge in [0.1, 0.15) is 11.9 Å². The van der Waals surface area contributed by atoms with Gasteiger partial charge in [0.15, 0.2) is 0 Å². The summed E-state index contributed by atoms with van der Waals surface area (Å²) in [5.74, 6) is -0.501. The minimum absolute atomic E-state index is 0.200. The molecule has 0 aliphatic carbocycles. The second kappa shape index (κ2) is 5.90. The van der Waals surface area contributed by atoms with Crippen LogP contribution in [-0.4, -0.2) is 43.3 Å². The molecule has 0 spiro atoms. The third-order valence-corrected chi connectivity index (χ3v) is 3.57. The highest BCUT2D eigenvalue weighted by Gasteiger charge is 2.35. The molecular weight excluding hydrogens is 286 g/mol. The number of hydrogen-bond donors (Lipinski definition) is 0. The molecule has 1 aliphatic rings. The summed E-state index contributed by atoms with van der Waals surface area (Å²) in [6, 6.07) is 5.52. The second-order valence-corrected chi connectivity index (χ2v) is 5.15. The van der Waals surface area contributed by atoms with Gasteiger partial charge in [-0.3, -0.25) is 4.90 Å². The van der Waals surface area contributed by atoms with E-state index in [1.54, 1.807) is 6.92 Å². The van der Waals surface area contributed by atoms with Crippen molar-refractivity contribution in [3.63, 3.8) is 0 Å². The Bertz CT molecular complexity index is 550. The SMILES string of the molecule is CC1CN(c2ccc(F)cc2C#N)CCN1CC(F)(F)F. The summed E-state index contributed by atoms with van der Waals surface area (Å²) in [4.78, 5) is 3.20. The lowest BCUT2D eigenvalue weighted by molar-refractivity contribution is -0.150. The number of hydrogen-bond acceptors (Lipinski definition) is 3. The van der Waals surface area contributed by atoms with Crippen LogP contribution in [0.15, 0.2) is 18.2 Å². The Hall–Kier alpha value is -1.81. The van der Waals surface area contributed by atoms with E-state index in [1.165, 1.54) is 17.0 Å². The fourth-order valence-corrected chi connectivity index (χ4v) is 2.55. The lowest BCUT2D eigenvalue weighted by Gasteiger charge is -2.41. The summed E-state index contributed by atoms with van der Waals surface area (Å²) in [6.45, 7) is 1.78. The lowest BCUT2D eigenvalue weighted by atomic mass is 10.1. The summed E-state index contributed by atoms with van der Waals surface area (Å²) in [5, 5.41) is 9.04. The highest BCUT2D eigenvalue weighted by Crippen LogP contribution is 2.26. The third kappa shape index (κ3) is 3.85. The van der Waals surface area contributed by atoms with E-state index in [-0.39, 0.29) is 18.2 Å². The van der Waals surface area contributed by atoms with E-state index in [0.29, 0.717) is 18.8 Å². The van der Waals surface area contributed by atoms with Crippen LogP contribution in [-0.2, 0) is 0 Å². The Labute approximate surface area is 120 Å². The molecule has 7 heteroatoms. The molecule has 0 saturated carbocycles. The monoisotopic (exact) mass is 301 g/mol. The first kappa shape index (κ1) is 15.6. The molecule has 1 saturated heterocycles. The van der Waals surface area contributed by atoms with Gasteiger partial charge >= 0.3 is 6.18 Å². The van der Waals surface area contributed by atoms with Crippen molar-refractivity contribution in [3.8, 4) is 6.07 Å². The van der Waals surface area contributed by atoms with Gasteiger partial charge in [0.25, 0.3) is 0 Å². The molecule has 0 aromatic heterocycles. The lowest BCUT2D eigenvalue weighted by Crippen LogP contribution is -2.54. The summed E-state index contributed by atoms with van der Waals surface area (Å²) in [7, 11) is 0. The van der Waals surface area contributed by atoms with E-state index in [1.807, 2.05) is 11.0 Å². The smallest absolute Gasteiger partial charge is 0.368 e. The molecular formula is C14H15F4N3. The Kier molecular flexibility index (Phi) is 4.37. The maximum Gasteiger partial charge on any atom is 0.401 e. The van der Waals surface area contributed by atoms with Crippen molar-refractivity contribution in [2.24, 2.45) is 0 Å². The largest absolute Gasteiger partial charge is 0.401 e. The van der Waals surface area contributed by atoms with Crippen molar-refractivity contribution in [3.05, 3.63) is 29.6 Å². The van der Waals surface area contributed by atoms with Crippen molar-refractivity contribution in [1.29, 1.82) is 5.26 Å². The molecule has 0 N–H and O–H groups in total. The van der Waals surface area contributed by atoms with E-state index >= 15 is 0 Å². The van der Waals surface area contributed by atoms with Crippen LogP contribution in [0.1, 0.15) is 12.5 Å². The van der Waals surface area contributed by atoms with Crippen LogP contribution >= 0.6 is 0 Å². The average molecular weight is 301 g/mol. The van der Waals surface area contributed by atoms with Gasteiger partial charge in [0, 0.05) is 25.7 Å². The Morgan fingerprint density at radius 3 is 2.62 bits per heavy atom. The van der Waals surface area contributed by atoms with Gasteiger partial charge in [-0.05, 0) is 25.1 Å². The van der Waals surface area contributed by atoms with Crippen LogP contribution in [0.5, 0.6) is 0 Å². The summed E-state index contributed by atoms with van der Waals surface area (Å²) in [5.41, 5.74) is 0.767. The molecule has 3 nitrogen and oxygen atoms in total. The maximum atomic E-state index is 13.1. The number of piperazine rings is 1. The van der Waals surface area contributed by atoms with E-state index < -0.39 is 18.5 Å². The molecule has 21 heavy (non-hydrogen) atoms. The van der Waals surface area contributed by atoms with Gasteiger partial charge in [0.05, 0.1) is 17.8 Å². The molecule has 2 rings (SSSR count). The Balaban J connectivity index is 2.11. The van der Waals surface area contributed by atoms with Gasteiger partial charge in [-0.25, -0.2) is 4.39 Å². The quantitative estimate of drug-likeness (QED) is 0.787. The van der Waals surface area contributed by atoms with Crippen molar-refractivity contribution in [2.45, 2.75) is 19.1 Å². The van der Waals surface area contributed by atoms with Crippen LogP contribution in [0.25, 0.3) is 0 Å². The zero-order chi connectivity index (χ0) is 15.6. The zero-order valence-corrected chi connectivity index (χ0v) is 11.5. The highest BCUT2D eigenvalue weighted by molar-refractivity contribution is 5.59. The third-order valence-electron chi connectivity index (χ3n) is 3.57. The summed E-state index contributed by atoms with van der Waals surface area (Å²) >= 11 is 0. The highest BCUT2D eigenvalue weighted by atomic mass is 19.4. The van der Waals surface area contributed by atoms with Crippen LogP contribution in [0.4, 0.5) is 23.2 Å². The molecule has 1 aromatic rings. The van der Waals surface area contributed by atoms with E-state index in [2.05, 4.69) is 0 Å². The van der Waals surface area contributed by atoms with Gasteiger partial charge in [0.2, 0.25) is 0 Å². The van der Waals surface area contributed by atoms with Gasteiger partial charge in [-0.2, -0.15) is 18.4 Å². The predicted octanol–water partition coefficient (Wildman–Crippen LogP) is 2.77. The Morgan fingerprint density at radius 1 is 1.33 bits per heavy atom. The first-order valence-corrected chi connectivity index (χ1v) is 6.55. The number of rotatable bonds is 2. The Morgan fingerprint density at radius 2 is 2.05 bits per heavy atom. The maximum absolute atomic E-state index is 13.1.